The van der Waals surface area contributed by atoms with Gasteiger partial charge < -0.3 is 0 Å². The SMILES string of the molecule is BrC(CC1CC1)CC1CC1. The third kappa shape index (κ3) is 2.26. The van der Waals surface area contributed by atoms with Crippen molar-refractivity contribution in [2.24, 2.45) is 11.8 Å². The van der Waals surface area contributed by atoms with E-state index in [1.54, 1.807) is 0 Å². The maximum Gasteiger partial charge on any atom is 0.0151 e. The number of hydrogen-bond donors (Lipinski definition) is 0. The monoisotopic (exact) mass is 202 g/mol. The van der Waals surface area contributed by atoms with E-state index in [2.05, 4.69) is 15.9 Å². The summed E-state index contributed by atoms with van der Waals surface area (Å²) in [6, 6.07) is 0. The van der Waals surface area contributed by atoms with Crippen LogP contribution in [0.2, 0.25) is 0 Å². The summed E-state index contributed by atoms with van der Waals surface area (Å²) in [7, 11) is 0. The molecule has 2 aliphatic carbocycles. The number of halogens is 1. The van der Waals surface area contributed by atoms with Crippen molar-refractivity contribution in [1.29, 1.82) is 0 Å². The molecule has 58 valence electrons. The van der Waals surface area contributed by atoms with Crippen molar-refractivity contribution >= 4 is 15.9 Å². The van der Waals surface area contributed by atoms with E-state index < -0.39 is 0 Å². The minimum Gasteiger partial charge on any atom is -0.0890 e. The molecular weight excluding hydrogens is 188 g/mol. The van der Waals surface area contributed by atoms with E-state index in [0.29, 0.717) is 0 Å². The van der Waals surface area contributed by atoms with E-state index in [1.807, 2.05) is 0 Å². The predicted octanol–water partition coefficient (Wildman–Crippen LogP) is 3.35. The van der Waals surface area contributed by atoms with Gasteiger partial charge in [0, 0.05) is 4.83 Å². The fraction of sp³-hybridized carbons (Fsp3) is 1.00. The van der Waals surface area contributed by atoms with Gasteiger partial charge in [-0.2, -0.15) is 0 Å². The molecule has 2 fully saturated rings. The average molecular weight is 203 g/mol. The second-order valence-electron chi connectivity index (χ2n) is 3.96. The van der Waals surface area contributed by atoms with Crippen LogP contribution in [0.3, 0.4) is 0 Å². The summed E-state index contributed by atoms with van der Waals surface area (Å²) >= 11 is 3.76. The molecule has 0 amide bonds. The topological polar surface area (TPSA) is 0 Å². The zero-order valence-electron chi connectivity index (χ0n) is 6.35. The van der Waals surface area contributed by atoms with E-state index in [4.69, 9.17) is 0 Å². The smallest absolute Gasteiger partial charge is 0.0151 e. The zero-order valence-corrected chi connectivity index (χ0v) is 7.94. The van der Waals surface area contributed by atoms with Crippen molar-refractivity contribution in [1.82, 2.24) is 0 Å². The lowest BCUT2D eigenvalue weighted by atomic mass is 10.1. The molecule has 0 atom stereocenters. The highest BCUT2D eigenvalue weighted by atomic mass is 79.9. The molecule has 1 heteroatoms. The van der Waals surface area contributed by atoms with Crippen LogP contribution in [0.15, 0.2) is 0 Å². The quantitative estimate of drug-likeness (QED) is 0.614. The molecular formula is C9H15Br. The second kappa shape index (κ2) is 2.84. The van der Waals surface area contributed by atoms with Crippen molar-refractivity contribution in [2.45, 2.75) is 43.4 Å². The van der Waals surface area contributed by atoms with Gasteiger partial charge in [0.25, 0.3) is 0 Å². The van der Waals surface area contributed by atoms with Crippen LogP contribution in [-0.2, 0) is 0 Å². The maximum absolute atomic E-state index is 3.76. The van der Waals surface area contributed by atoms with Gasteiger partial charge in [-0.1, -0.05) is 41.6 Å². The highest BCUT2D eigenvalue weighted by Crippen LogP contribution is 2.41. The summed E-state index contributed by atoms with van der Waals surface area (Å²) in [6.07, 6.45) is 8.94. The first kappa shape index (κ1) is 7.15. The fourth-order valence-electron chi connectivity index (χ4n) is 1.53. The first-order chi connectivity index (χ1) is 4.84. The average Bonchev–Trinajstić information content (AvgIpc) is 2.59. The molecule has 2 saturated carbocycles. The summed E-state index contributed by atoms with van der Waals surface area (Å²) in [5, 5.41) is 0. The molecule has 0 aliphatic heterocycles. The molecule has 0 bridgehead atoms. The van der Waals surface area contributed by atoms with E-state index in [-0.39, 0.29) is 0 Å². The van der Waals surface area contributed by atoms with Gasteiger partial charge in [-0.15, -0.1) is 0 Å². The molecule has 10 heavy (non-hydrogen) atoms. The Kier molecular flexibility index (Phi) is 2.03. The third-order valence-corrected chi connectivity index (χ3v) is 3.32. The third-order valence-electron chi connectivity index (χ3n) is 2.57. The summed E-state index contributed by atoms with van der Waals surface area (Å²) < 4.78 is 0. The molecule has 0 radical (unpaired) electrons. The van der Waals surface area contributed by atoms with Gasteiger partial charge in [0.2, 0.25) is 0 Å². The summed E-state index contributed by atoms with van der Waals surface area (Å²) in [6.45, 7) is 0. The highest BCUT2D eigenvalue weighted by molar-refractivity contribution is 9.09. The van der Waals surface area contributed by atoms with Crippen LogP contribution in [0, 0.1) is 11.8 Å². The first-order valence-corrected chi connectivity index (χ1v) is 5.40. The predicted molar refractivity (Wildman–Crippen MR) is 47.4 cm³/mol. The molecule has 0 saturated heterocycles. The van der Waals surface area contributed by atoms with Gasteiger partial charge in [-0.05, 0) is 24.7 Å². The van der Waals surface area contributed by atoms with Gasteiger partial charge in [0.15, 0.2) is 0 Å². The Morgan fingerprint density at radius 1 is 1.00 bits per heavy atom. The molecule has 0 nitrogen and oxygen atoms in total. The molecule has 0 aromatic heterocycles. The van der Waals surface area contributed by atoms with Crippen molar-refractivity contribution in [3.8, 4) is 0 Å². The van der Waals surface area contributed by atoms with Gasteiger partial charge in [0.05, 0.1) is 0 Å². The van der Waals surface area contributed by atoms with Crippen LogP contribution in [0.1, 0.15) is 38.5 Å². The van der Waals surface area contributed by atoms with E-state index >= 15 is 0 Å². The molecule has 2 aliphatic rings. The molecule has 0 N–H and O–H groups in total. The number of rotatable bonds is 4. The molecule has 0 aromatic carbocycles. The Balaban J connectivity index is 1.60. The normalized spacial score (nSPS) is 25.8. The lowest BCUT2D eigenvalue weighted by molar-refractivity contribution is 0.615. The maximum atomic E-state index is 3.76. The van der Waals surface area contributed by atoms with Crippen LogP contribution < -0.4 is 0 Å². The number of alkyl halides is 1. The highest BCUT2D eigenvalue weighted by Gasteiger charge is 2.28. The largest absolute Gasteiger partial charge is 0.0890 e. The lowest BCUT2D eigenvalue weighted by Gasteiger charge is -2.06. The Hall–Kier alpha value is 0.480. The minimum atomic E-state index is 0.854. The van der Waals surface area contributed by atoms with Crippen molar-refractivity contribution in [2.75, 3.05) is 0 Å². The Bertz CT molecular complexity index is 99.9. The first-order valence-electron chi connectivity index (χ1n) is 4.48. The summed E-state index contributed by atoms with van der Waals surface area (Å²) in [5.74, 6) is 2.20. The van der Waals surface area contributed by atoms with E-state index in [9.17, 15) is 0 Å². The fourth-order valence-corrected chi connectivity index (χ4v) is 2.58. The van der Waals surface area contributed by atoms with Gasteiger partial charge >= 0.3 is 0 Å². The zero-order chi connectivity index (χ0) is 6.97. The molecule has 0 aromatic rings. The van der Waals surface area contributed by atoms with Crippen molar-refractivity contribution in [3.63, 3.8) is 0 Å². The minimum absolute atomic E-state index is 0.854. The Morgan fingerprint density at radius 2 is 1.40 bits per heavy atom. The van der Waals surface area contributed by atoms with Gasteiger partial charge in [-0.3, -0.25) is 0 Å². The standard InChI is InChI=1S/C9H15Br/c10-9(5-7-1-2-7)6-8-3-4-8/h7-9H,1-6H2. The van der Waals surface area contributed by atoms with E-state index in [0.717, 1.165) is 16.7 Å². The second-order valence-corrected chi connectivity index (χ2v) is 5.25. The molecule has 0 unspecified atom stereocenters. The van der Waals surface area contributed by atoms with Crippen LogP contribution in [0.25, 0.3) is 0 Å². The number of hydrogen-bond acceptors (Lipinski definition) is 0. The molecule has 0 heterocycles. The molecule has 0 spiro atoms. The van der Waals surface area contributed by atoms with Crippen molar-refractivity contribution < 1.29 is 0 Å². The Labute approximate surface area is 71.5 Å². The van der Waals surface area contributed by atoms with Crippen LogP contribution >= 0.6 is 15.9 Å². The van der Waals surface area contributed by atoms with Crippen LogP contribution in [0.5, 0.6) is 0 Å². The summed E-state index contributed by atoms with van der Waals surface area (Å²) in [4.78, 5) is 0.854. The van der Waals surface area contributed by atoms with Gasteiger partial charge in [-0.25, -0.2) is 0 Å². The molecule has 2 rings (SSSR count). The summed E-state index contributed by atoms with van der Waals surface area (Å²) in [5.41, 5.74) is 0. The van der Waals surface area contributed by atoms with Crippen LogP contribution in [-0.4, -0.2) is 4.83 Å². The lowest BCUT2D eigenvalue weighted by Crippen LogP contribution is -1.99. The van der Waals surface area contributed by atoms with Crippen LogP contribution in [0.4, 0.5) is 0 Å². The van der Waals surface area contributed by atoms with Gasteiger partial charge in [0.1, 0.15) is 0 Å². The van der Waals surface area contributed by atoms with Crippen molar-refractivity contribution in [3.05, 3.63) is 0 Å². The van der Waals surface area contributed by atoms with E-state index in [1.165, 1.54) is 38.5 Å². The Morgan fingerprint density at radius 3 is 1.70 bits per heavy atom.